The van der Waals surface area contributed by atoms with E-state index in [4.69, 9.17) is 0 Å². The minimum absolute atomic E-state index is 0.379. The zero-order valence-corrected chi connectivity index (χ0v) is 33.3. The van der Waals surface area contributed by atoms with Gasteiger partial charge >= 0.3 is 0 Å². The molecule has 1 amide bonds. The summed E-state index contributed by atoms with van der Waals surface area (Å²) in [6.45, 7) is 4.17. The molecule has 294 valence electrons. The van der Waals surface area contributed by atoms with E-state index in [9.17, 15) is 20.1 Å². The van der Waals surface area contributed by atoms with Gasteiger partial charge in [0.05, 0.1) is 18.8 Å². The van der Waals surface area contributed by atoms with E-state index >= 15 is 0 Å². The standard InChI is InChI=1S/C45H85NO4/c1-3-5-7-9-11-13-15-17-19-21-22-23-24-26-27-29-31-33-35-37-39-43(48)42(41-47)46-45(50)44(49)40-38-36-34-32-30-28-25-20-18-16-14-12-10-8-6-4-2/h23-24,29,31,37,39,42-44,47-49H,3-22,25-28,30,32-36,38,40-41H2,1-2H3,(H,46,50)/b24-23+,31-29+,39-37+. The van der Waals surface area contributed by atoms with Crippen LogP contribution in [0.4, 0.5) is 0 Å². The van der Waals surface area contributed by atoms with Crippen LogP contribution in [0.25, 0.3) is 0 Å². The monoisotopic (exact) mass is 704 g/mol. The molecule has 0 aromatic rings. The van der Waals surface area contributed by atoms with Crippen molar-refractivity contribution in [3.63, 3.8) is 0 Å². The summed E-state index contributed by atoms with van der Waals surface area (Å²) in [7, 11) is 0. The first kappa shape index (κ1) is 48.6. The SMILES string of the molecule is CCCCCCCCCCCC/C=C/CC/C=C/CC/C=C/C(O)C(CO)NC(=O)C(O)CCCCCCCCCCCCCCCCCC. The molecule has 0 aromatic heterocycles. The van der Waals surface area contributed by atoms with Crippen LogP contribution in [0.5, 0.6) is 0 Å². The number of carbonyl (C=O) groups is 1. The molecule has 0 heterocycles. The molecule has 0 saturated heterocycles. The highest BCUT2D eigenvalue weighted by atomic mass is 16.3. The van der Waals surface area contributed by atoms with Crippen LogP contribution in [0.15, 0.2) is 36.5 Å². The van der Waals surface area contributed by atoms with E-state index in [0.29, 0.717) is 6.42 Å². The molecule has 0 aliphatic heterocycles. The number of nitrogens with one attached hydrogen (secondary N) is 1. The Kier molecular flexibility index (Phi) is 39.2. The average Bonchev–Trinajstić information content (AvgIpc) is 3.12. The van der Waals surface area contributed by atoms with Crippen LogP contribution in [-0.2, 0) is 4.79 Å². The maximum atomic E-state index is 12.4. The number of allylic oxidation sites excluding steroid dienone is 5. The quantitative estimate of drug-likeness (QED) is 0.0379. The van der Waals surface area contributed by atoms with E-state index in [1.807, 2.05) is 6.08 Å². The Labute approximate surface area is 311 Å². The van der Waals surface area contributed by atoms with E-state index in [2.05, 4.69) is 43.5 Å². The Morgan fingerprint density at radius 3 is 1.22 bits per heavy atom. The first-order valence-corrected chi connectivity index (χ1v) is 21.8. The minimum Gasteiger partial charge on any atom is -0.394 e. The van der Waals surface area contributed by atoms with Crippen molar-refractivity contribution >= 4 is 5.91 Å². The Morgan fingerprint density at radius 1 is 0.480 bits per heavy atom. The third-order valence-corrected chi connectivity index (χ3v) is 9.96. The van der Waals surface area contributed by atoms with E-state index < -0.39 is 24.2 Å². The van der Waals surface area contributed by atoms with Crippen molar-refractivity contribution < 1.29 is 20.1 Å². The van der Waals surface area contributed by atoms with Crippen molar-refractivity contribution in [3.05, 3.63) is 36.5 Å². The van der Waals surface area contributed by atoms with Gasteiger partial charge in [-0.3, -0.25) is 4.79 Å². The van der Waals surface area contributed by atoms with Crippen molar-refractivity contribution in [2.75, 3.05) is 6.61 Å². The summed E-state index contributed by atoms with van der Waals surface area (Å²) in [5, 5.41) is 33.1. The lowest BCUT2D eigenvalue weighted by molar-refractivity contribution is -0.131. The smallest absolute Gasteiger partial charge is 0.249 e. The van der Waals surface area contributed by atoms with E-state index in [1.54, 1.807) is 6.08 Å². The van der Waals surface area contributed by atoms with Gasteiger partial charge in [-0.05, 0) is 44.9 Å². The molecule has 3 atom stereocenters. The van der Waals surface area contributed by atoms with Gasteiger partial charge < -0.3 is 20.6 Å². The molecule has 0 bridgehead atoms. The molecule has 0 saturated carbocycles. The molecule has 0 aromatic carbocycles. The molecular weight excluding hydrogens is 618 g/mol. The van der Waals surface area contributed by atoms with Crippen LogP contribution in [0.1, 0.15) is 219 Å². The number of hydrogen-bond acceptors (Lipinski definition) is 4. The maximum Gasteiger partial charge on any atom is 0.249 e. The van der Waals surface area contributed by atoms with Gasteiger partial charge in [-0.25, -0.2) is 0 Å². The second-order valence-electron chi connectivity index (χ2n) is 14.9. The number of amides is 1. The van der Waals surface area contributed by atoms with Crippen LogP contribution >= 0.6 is 0 Å². The van der Waals surface area contributed by atoms with Crippen molar-refractivity contribution in [3.8, 4) is 0 Å². The number of carbonyl (C=O) groups excluding carboxylic acids is 1. The van der Waals surface area contributed by atoms with Crippen molar-refractivity contribution in [1.29, 1.82) is 0 Å². The highest BCUT2D eigenvalue weighted by molar-refractivity contribution is 5.80. The molecule has 0 spiro atoms. The molecule has 0 aliphatic carbocycles. The summed E-state index contributed by atoms with van der Waals surface area (Å²) < 4.78 is 0. The predicted octanol–water partition coefficient (Wildman–Crippen LogP) is 12.4. The fourth-order valence-corrected chi connectivity index (χ4v) is 6.51. The van der Waals surface area contributed by atoms with Gasteiger partial charge in [0.1, 0.15) is 6.10 Å². The van der Waals surface area contributed by atoms with Crippen molar-refractivity contribution in [2.45, 2.75) is 238 Å². The molecule has 50 heavy (non-hydrogen) atoms. The second-order valence-corrected chi connectivity index (χ2v) is 14.9. The highest BCUT2D eigenvalue weighted by Gasteiger charge is 2.22. The van der Waals surface area contributed by atoms with Gasteiger partial charge in [-0.2, -0.15) is 0 Å². The van der Waals surface area contributed by atoms with Gasteiger partial charge in [0.15, 0.2) is 0 Å². The normalized spacial score (nSPS) is 13.9. The first-order chi connectivity index (χ1) is 24.6. The number of unbranched alkanes of at least 4 members (excludes halogenated alkanes) is 27. The van der Waals surface area contributed by atoms with E-state index in [-0.39, 0.29) is 6.61 Å². The largest absolute Gasteiger partial charge is 0.394 e. The van der Waals surface area contributed by atoms with Gasteiger partial charge in [0.2, 0.25) is 5.91 Å². The summed E-state index contributed by atoms with van der Waals surface area (Å²) in [5.74, 6) is -0.516. The highest BCUT2D eigenvalue weighted by Crippen LogP contribution is 2.15. The van der Waals surface area contributed by atoms with Gasteiger partial charge in [0.25, 0.3) is 0 Å². The van der Waals surface area contributed by atoms with Gasteiger partial charge in [0, 0.05) is 0 Å². The van der Waals surface area contributed by atoms with Gasteiger partial charge in [-0.1, -0.05) is 211 Å². The predicted molar refractivity (Wildman–Crippen MR) is 218 cm³/mol. The molecule has 5 nitrogen and oxygen atoms in total. The fourth-order valence-electron chi connectivity index (χ4n) is 6.51. The zero-order valence-electron chi connectivity index (χ0n) is 33.3. The lowest BCUT2D eigenvalue weighted by atomic mass is 10.0. The summed E-state index contributed by atoms with van der Waals surface area (Å²) in [5.41, 5.74) is 0. The lowest BCUT2D eigenvalue weighted by Crippen LogP contribution is -2.48. The molecule has 0 radical (unpaired) electrons. The number of aliphatic hydroxyl groups excluding tert-OH is 3. The topological polar surface area (TPSA) is 89.8 Å². The molecule has 4 N–H and O–H groups in total. The molecule has 0 fully saturated rings. The third-order valence-electron chi connectivity index (χ3n) is 9.96. The Morgan fingerprint density at radius 2 is 0.820 bits per heavy atom. The van der Waals surface area contributed by atoms with Gasteiger partial charge in [-0.15, -0.1) is 0 Å². The van der Waals surface area contributed by atoms with Crippen LogP contribution in [0.2, 0.25) is 0 Å². The maximum absolute atomic E-state index is 12.4. The van der Waals surface area contributed by atoms with E-state index in [1.165, 1.54) is 154 Å². The van der Waals surface area contributed by atoms with Crippen molar-refractivity contribution in [2.24, 2.45) is 0 Å². The van der Waals surface area contributed by atoms with Crippen LogP contribution in [-0.4, -0.2) is 46.1 Å². The number of hydrogen-bond donors (Lipinski definition) is 4. The minimum atomic E-state index is -1.11. The summed E-state index contributed by atoms with van der Waals surface area (Å²) >= 11 is 0. The Balaban J connectivity index is 3.75. The Bertz CT molecular complexity index is 779. The average molecular weight is 704 g/mol. The summed E-state index contributed by atoms with van der Waals surface area (Å²) in [4.78, 5) is 12.4. The van der Waals surface area contributed by atoms with E-state index in [0.717, 1.165) is 44.9 Å². The number of aliphatic hydroxyl groups is 3. The fraction of sp³-hybridized carbons (Fsp3) is 0.844. The summed E-state index contributed by atoms with van der Waals surface area (Å²) in [6, 6.07) is -0.818. The van der Waals surface area contributed by atoms with Crippen LogP contribution < -0.4 is 5.32 Å². The van der Waals surface area contributed by atoms with Crippen molar-refractivity contribution in [1.82, 2.24) is 5.32 Å². The molecular formula is C45H85NO4. The molecule has 3 unspecified atom stereocenters. The second kappa shape index (κ2) is 40.3. The lowest BCUT2D eigenvalue weighted by Gasteiger charge is -2.21. The molecule has 0 rings (SSSR count). The molecule has 5 heteroatoms. The summed E-state index contributed by atoms with van der Waals surface area (Å²) in [6.07, 6.45) is 50.3. The van der Waals surface area contributed by atoms with Crippen LogP contribution in [0, 0.1) is 0 Å². The Hall–Kier alpha value is -1.43. The molecule has 0 aliphatic rings. The first-order valence-electron chi connectivity index (χ1n) is 21.8. The third kappa shape index (κ3) is 35.0. The number of rotatable bonds is 39. The van der Waals surface area contributed by atoms with Crippen LogP contribution in [0.3, 0.4) is 0 Å². The zero-order chi connectivity index (χ0) is 36.6.